The van der Waals surface area contributed by atoms with Gasteiger partial charge in [0.05, 0.1) is 30.5 Å². The van der Waals surface area contributed by atoms with Gasteiger partial charge in [-0.05, 0) is 55.0 Å². The molecular weight excluding hydrogens is 499 g/mol. The third-order valence-electron chi connectivity index (χ3n) is 4.74. The van der Waals surface area contributed by atoms with E-state index in [1.807, 2.05) is 42.5 Å². The van der Waals surface area contributed by atoms with Crippen LogP contribution in [0, 0.1) is 3.57 Å². The largest absolute Gasteiger partial charge is 0.506 e. The van der Waals surface area contributed by atoms with Crippen molar-refractivity contribution < 1.29 is 23.7 Å². The highest BCUT2D eigenvalue weighted by Gasteiger charge is 2.23. The molecule has 0 aliphatic carbocycles. The molecule has 0 saturated carbocycles. The summed E-state index contributed by atoms with van der Waals surface area (Å²) in [4.78, 5) is 13.5. The lowest BCUT2D eigenvalue weighted by Gasteiger charge is -2.15. The van der Waals surface area contributed by atoms with E-state index in [4.69, 9.17) is 18.6 Å². The number of fused-ring (bicyclic) bond motifs is 1. The second-order valence-electron chi connectivity index (χ2n) is 6.91. The van der Waals surface area contributed by atoms with Crippen LogP contribution in [0.25, 0.3) is 22.3 Å². The van der Waals surface area contributed by atoms with Crippen LogP contribution in [0.4, 0.5) is 0 Å². The molecule has 158 valence electrons. The number of benzene rings is 2. The first-order valence-electron chi connectivity index (χ1n) is 9.23. The average molecular weight is 522 g/mol. The molecule has 0 aliphatic rings. The van der Waals surface area contributed by atoms with Gasteiger partial charge in [0.15, 0.2) is 0 Å². The van der Waals surface area contributed by atoms with Crippen LogP contribution in [0.1, 0.15) is 19.4 Å². The second kappa shape index (κ2) is 8.99. The minimum absolute atomic E-state index is 0.133. The van der Waals surface area contributed by atoms with E-state index in [9.17, 15) is 9.90 Å². The lowest BCUT2D eigenvalue weighted by molar-refractivity contribution is 0.394. The first-order chi connectivity index (χ1) is 14.3. The quantitative estimate of drug-likeness (QED) is 0.350. The van der Waals surface area contributed by atoms with Crippen molar-refractivity contribution in [2.75, 3.05) is 21.3 Å². The summed E-state index contributed by atoms with van der Waals surface area (Å²) in [7, 11) is 4.61. The molecule has 0 bridgehead atoms. The predicted octanol–water partition coefficient (Wildman–Crippen LogP) is 5.30. The Morgan fingerprint density at radius 1 is 1.10 bits per heavy atom. The molecule has 30 heavy (non-hydrogen) atoms. The molecule has 0 fully saturated rings. The zero-order chi connectivity index (χ0) is 22.0. The van der Waals surface area contributed by atoms with Gasteiger partial charge in [0, 0.05) is 17.7 Å². The maximum Gasteiger partial charge on any atom is 0.200 e. The Bertz CT molecular complexity index is 1190. The van der Waals surface area contributed by atoms with Crippen molar-refractivity contribution in [2.45, 2.75) is 20.3 Å². The first-order valence-corrected chi connectivity index (χ1v) is 10.3. The van der Waals surface area contributed by atoms with Crippen molar-refractivity contribution in [3.63, 3.8) is 0 Å². The average Bonchev–Trinajstić information content (AvgIpc) is 2.74. The Hall–Kier alpha value is -2.68. The van der Waals surface area contributed by atoms with E-state index < -0.39 is 0 Å². The summed E-state index contributed by atoms with van der Waals surface area (Å²) in [5.41, 5.74) is 2.06. The summed E-state index contributed by atoms with van der Waals surface area (Å²) < 4.78 is 22.8. The van der Waals surface area contributed by atoms with Crippen LogP contribution in [-0.4, -0.2) is 26.4 Å². The first kappa shape index (κ1) is 22.0. The van der Waals surface area contributed by atoms with Gasteiger partial charge in [-0.1, -0.05) is 11.6 Å². The molecular formula is C23H23IO6. The number of allylic oxidation sites excluding steroid dienone is 2. The standard InChI is InChI=1S/C23H23IO6/c1-12(2)6-8-15-21(25)19-17(11-18(29-5)20(24)22(19)26)30-23(15)14-9-7-13(27-3)10-16(14)28-4/h6-7,9-11,26H,8H2,1-5H3. The van der Waals surface area contributed by atoms with Gasteiger partial charge in [-0.3, -0.25) is 4.79 Å². The Kier molecular flexibility index (Phi) is 6.60. The van der Waals surface area contributed by atoms with Crippen molar-refractivity contribution in [2.24, 2.45) is 0 Å². The van der Waals surface area contributed by atoms with E-state index in [0.717, 1.165) is 5.57 Å². The van der Waals surface area contributed by atoms with Gasteiger partial charge in [-0.2, -0.15) is 0 Å². The number of hydrogen-bond acceptors (Lipinski definition) is 6. The fourth-order valence-electron chi connectivity index (χ4n) is 3.17. The molecule has 2 aromatic carbocycles. The predicted molar refractivity (Wildman–Crippen MR) is 125 cm³/mol. The van der Waals surface area contributed by atoms with Crippen molar-refractivity contribution in [3.05, 3.63) is 55.3 Å². The number of rotatable bonds is 6. The molecule has 3 aromatic rings. The third kappa shape index (κ3) is 3.98. The highest BCUT2D eigenvalue weighted by molar-refractivity contribution is 14.1. The highest BCUT2D eigenvalue weighted by Crippen LogP contribution is 2.40. The van der Waals surface area contributed by atoms with Crippen LogP contribution in [0.3, 0.4) is 0 Å². The van der Waals surface area contributed by atoms with E-state index in [-0.39, 0.29) is 22.1 Å². The van der Waals surface area contributed by atoms with Crippen LogP contribution in [-0.2, 0) is 6.42 Å². The highest BCUT2D eigenvalue weighted by atomic mass is 127. The monoisotopic (exact) mass is 522 g/mol. The van der Waals surface area contributed by atoms with E-state index in [1.54, 1.807) is 38.5 Å². The molecule has 0 radical (unpaired) electrons. The van der Waals surface area contributed by atoms with E-state index in [2.05, 4.69) is 0 Å². The Morgan fingerprint density at radius 2 is 1.80 bits per heavy atom. The third-order valence-corrected chi connectivity index (χ3v) is 5.79. The Balaban J connectivity index is 2.43. The van der Waals surface area contributed by atoms with E-state index >= 15 is 0 Å². The van der Waals surface area contributed by atoms with E-state index in [1.165, 1.54) is 7.11 Å². The second-order valence-corrected chi connectivity index (χ2v) is 7.98. The number of methoxy groups -OCH3 is 3. The normalized spacial score (nSPS) is 10.7. The smallest absolute Gasteiger partial charge is 0.200 e. The minimum atomic E-state index is -0.292. The SMILES string of the molecule is COc1ccc(-c2oc3cc(OC)c(I)c(O)c3c(=O)c2CC=C(C)C)c(OC)c1. The Labute approximate surface area is 188 Å². The van der Waals surface area contributed by atoms with Gasteiger partial charge in [0.25, 0.3) is 0 Å². The fourth-order valence-corrected chi connectivity index (χ4v) is 3.81. The van der Waals surface area contributed by atoms with Crippen LogP contribution < -0.4 is 19.6 Å². The van der Waals surface area contributed by atoms with Crippen molar-refractivity contribution in [3.8, 4) is 34.3 Å². The topological polar surface area (TPSA) is 78.1 Å². The molecule has 0 amide bonds. The van der Waals surface area contributed by atoms with Crippen LogP contribution >= 0.6 is 22.6 Å². The van der Waals surface area contributed by atoms with Gasteiger partial charge in [0.1, 0.15) is 39.7 Å². The molecule has 3 rings (SSSR count). The molecule has 0 aliphatic heterocycles. The summed E-state index contributed by atoms with van der Waals surface area (Å²) in [6.45, 7) is 3.92. The van der Waals surface area contributed by atoms with Crippen LogP contribution in [0.2, 0.25) is 0 Å². The fraction of sp³-hybridized carbons (Fsp3) is 0.261. The maximum absolute atomic E-state index is 13.5. The van der Waals surface area contributed by atoms with Crippen LogP contribution in [0.5, 0.6) is 23.0 Å². The zero-order valence-electron chi connectivity index (χ0n) is 17.5. The molecule has 1 heterocycles. The summed E-state index contributed by atoms with van der Waals surface area (Å²) >= 11 is 1.95. The summed E-state index contributed by atoms with van der Waals surface area (Å²) in [6, 6.07) is 6.91. The molecule has 0 atom stereocenters. The molecule has 1 N–H and O–H groups in total. The lowest BCUT2D eigenvalue weighted by Crippen LogP contribution is -2.12. The molecule has 0 unspecified atom stereocenters. The van der Waals surface area contributed by atoms with Gasteiger partial charge in [-0.15, -0.1) is 0 Å². The number of phenolic OH excluding ortho intramolecular Hbond substituents is 1. The van der Waals surface area contributed by atoms with Crippen molar-refractivity contribution >= 4 is 33.6 Å². The molecule has 1 aromatic heterocycles. The van der Waals surface area contributed by atoms with Crippen LogP contribution in [0.15, 0.2) is 45.1 Å². The zero-order valence-corrected chi connectivity index (χ0v) is 19.6. The summed E-state index contributed by atoms with van der Waals surface area (Å²) in [6.07, 6.45) is 2.30. The van der Waals surface area contributed by atoms with E-state index in [0.29, 0.717) is 44.1 Å². The minimum Gasteiger partial charge on any atom is -0.506 e. The number of phenols is 1. The van der Waals surface area contributed by atoms with Gasteiger partial charge >= 0.3 is 0 Å². The van der Waals surface area contributed by atoms with Crippen molar-refractivity contribution in [1.29, 1.82) is 0 Å². The Morgan fingerprint density at radius 3 is 2.40 bits per heavy atom. The number of aromatic hydroxyl groups is 1. The van der Waals surface area contributed by atoms with Gasteiger partial charge in [0.2, 0.25) is 5.43 Å². The molecule has 0 spiro atoms. The summed E-state index contributed by atoms with van der Waals surface area (Å²) in [5, 5.41) is 10.8. The lowest BCUT2D eigenvalue weighted by atomic mass is 10.00. The van der Waals surface area contributed by atoms with Gasteiger partial charge < -0.3 is 23.7 Å². The molecule has 0 saturated heterocycles. The van der Waals surface area contributed by atoms with Crippen molar-refractivity contribution in [1.82, 2.24) is 0 Å². The number of ether oxygens (including phenoxy) is 3. The maximum atomic E-state index is 13.5. The molecule has 7 heteroatoms. The summed E-state index contributed by atoms with van der Waals surface area (Å²) in [5.74, 6) is 1.79. The number of halogens is 1. The molecule has 6 nitrogen and oxygen atoms in total. The number of hydrogen-bond donors (Lipinski definition) is 1. The van der Waals surface area contributed by atoms with Gasteiger partial charge in [-0.25, -0.2) is 0 Å².